The van der Waals surface area contributed by atoms with E-state index in [0.29, 0.717) is 23.0 Å². The summed E-state index contributed by atoms with van der Waals surface area (Å²) in [6.45, 7) is 2.65. The molecule has 126 valence electrons. The second-order valence-electron chi connectivity index (χ2n) is 6.04. The van der Waals surface area contributed by atoms with Crippen molar-refractivity contribution in [1.82, 2.24) is 9.88 Å². The topological polar surface area (TPSA) is 53.4 Å². The third kappa shape index (κ3) is 3.27. The Morgan fingerprint density at radius 1 is 1.33 bits per heavy atom. The molecule has 0 radical (unpaired) electrons. The van der Waals surface area contributed by atoms with Gasteiger partial charge in [0.1, 0.15) is 6.04 Å². The molecule has 1 N–H and O–H groups in total. The number of carboxylic acids is 1. The molecule has 0 saturated carbocycles. The van der Waals surface area contributed by atoms with Crippen molar-refractivity contribution in [3.8, 4) is 0 Å². The quantitative estimate of drug-likeness (QED) is 0.876. The maximum absolute atomic E-state index is 11.7. The number of aliphatic carboxylic acids is 1. The molecule has 0 aliphatic carbocycles. The number of carbonyl (C=O) groups is 1. The number of aromatic nitrogens is 1. The summed E-state index contributed by atoms with van der Waals surface area (Å²) in [5, 5.41) is 10.5. The summed E-state index contributed by atoms with van der Waals surface area (Å²) < 4.78 is 0. The van der Waals surface area contributed by atoms with E-state index in [9.17, 15) is 9.90 Å². The number of pyridine rings is 1. The molecule has 1 aromatic heterocycles. The van der Waals surface area contributed by atoms with Gasteiger partial charge in [0.25, 0.3) is 0 Å². The predicted octanol–water partition coefficient (Wildman–Crippen LogP) is 4.34. The number of benzene rings is 1. The predicted molar refractivity (Wildman–Crippen MR) is 94.6 cm³/mol. The van der Waals surface area contributed by atoms with E-state index in [2.05, 4.69) is 4.98 Å². The summed E-state index contributed by atoms with van der Waals surface area (Å²) in [4.78, 5) is 18.1. The molecular weight excluding hydrogens is 347 g/mol. The lowest BCUT2D eigenvalue weighted by Crippen LogP contribution is -2.39. The van der Waals surface area contributed by atoms with Crippen molar-refractivity contribution < 1.29 is 9.90 Å². The van der Waals surface area contributed by atoms with Gasteiger partial charge in [0.15, 0.2) is 0 Å². The van der Waals surface area contributed by atoms with Crippen molar-refractivity contribution in [2.24, 2.45) is 0 Å². The SMILES string of the molecule is Cc1ccc(C(c2cccc(Cl)c2Cl)N2CCCC2C(=O)O)nc1. The smallest absolute Gasteiger partial charge is 0.320 e. The fourth-order valence-electron chi connectivity index (χ4n) is 3.24. The fourth-order valence-corrected chi connectivity index (χ4v) is 3.65. The van der Waals surface area contributed by atoms with Crippen LogP contribution in [0.15, 0.2) is 36.5 Å². The van der Waals surface area contributed by atoms with Crippen LogP contribution in [0.4, 0.5) is 0 Å². The van der Waals surface area contributed by atoms with Crippen LogP contribution >= 0.6 is 23.2 Å². The molecule has 3 rings (SSSR count). The molecule has 2 heterocycles. The molecule has 2 atom stereocenters. The Labute approximate surface area is 151 Å². The molecule has 1 aliphatic rings. The highest BCUT2D eigenvalue weighted by Gasteiger charge is 2.38. The Kier molecular flexibility index (Phi) is 5.09. The highest BCUT2D eigenvalue weighted by molar-refractivity contribution is 6.42. The van der Waals surface area contributed by atoms with E-state index in [1.165, 1.54) is 0 Å². The molecule has 1 fully saturated rings. The zero-order chi connectivity index (χ0) is 17.3. The second-order valence-corrected chi connectivity index (χ2v) is 6.83. The van der Waals surface area contributed by atoms with Gasteiger partial charge in [-0.05, 0) is 43.0 Å². The van der Waals surface area contributed by atoms with Gasteiger partial charge < -0.3 is 5.11 Å². The normalized spacial score (nSPS) is 19.4. The first-order valence-corrected chi connectivity index (χ1v) is 8.59. The number of nitrogens with zero attached hydrogens (tertiary/aromatic N) is 2. The van der Waals surface area contributed by atoms with Gasteiger partial charge in [0.05, 0.1) is 21.8 Å². The Balaban J connectivity index is 2.12. The van der Waals surface area contributed by atoms with Crippen molar-refractivity contribution >= 4 is 29.2 Å². The van der Waals surface area contributed by atoms with Gasteiger partial charge in [-0.3, -0.25) is 14.7 Å². The van der Waals surface area contributed by atoms with Crippen molar-refractivity contribution in [3.63, 3.8) is 0 Å². The van der Waals surface area contributed by atoms with E-state index in [0.717, 1.165) is 23.2 Å². The molecular formula is C18H18Cl2N2O2. The summed E-state index contributed by atoms with van der Waals surface area (Å²) in [6, 6.07) is 8.46. The van der Waals surface area contributed by atoms with Crippen LogP contribution in [0.1, 0.15) is 35.7 Å². The third-order valence-corrected chi connectivity index (χ3v) is 5.23. The summed E-state index contributed by atoms with van der Waals surface area (Å²) in [7, 11) is 0. The lowest BCUT2D eigenvalue weighted by Gasteiger charge is -2.32. The maximum atomic E-state index is 11.7. The highest BCUT2D eigenvalue weighted by Crippen LogP contribution is 2.39. The van der Waals surface area contributed by atoms with Crippen LogP contribution < -0.4 is 0 Å². The molecule has 0 spiro atoms. The highest BCUT2D eigenvalue weighted by atomic mass is 35.5. The number of rotatable bonds is 4. The molecule has 1 aromatic carbocycles. The molecule has 2 unspecified atom stereocenters. The van der Waals surface area contributed by atoms with E-state index < -0.39 is 12.0 Å². The lowest BCUT2D eigenvalue weighted by atomic mass is 9.99. The molecule has 6 heteroatoms. The van der Waals surface area contributed by atoms with E-state index in [1.807, 2.05) is 36.1 Å². The minimum absolute atomic E-state index is 0.333. The van der Waals surface area contributed by atoms with E-state index in [1.54, 1.807) is 12.3 Å². The van der Waals surface area contributed by atoms with E-state index >= 15 is 0 Å². The monoisotopic (exact) mass is 364 g/mol. The van der Waals surface area contributed by atoms with Crippen LogP contribution in [0, 0.1) is 6.92 Å². The van der Waals surface area contributed by atoms with Crippen molar-refractivity contribution in [3.05, 3.63) is 63.4 Å². The van der Waals surface area contributed by atoms with E-state index in [-0.39, 0.29) is 6.04 Å². The molecule has 24 heavy (non-hydrogen) atoms. The van der Waals surface area contributed by atoms with E-state index in [4.69, 9.17) is 23.2 Å². The van der Waals surface area contributed by atoms with Crippen molar-refractivity contribution in [2.75, 3.05) is 6.54 Å². The zero-order valence-electron chi connectivity index (χ0n) is 13.2. The fraction of sp³-hybridized carbons (Fsp3) is 0.333. The lowest BCUT2D eigenvalue weighted by molar-refractivity contribution is -0.142. The minimum atomic E-state index is -0.817. The molecule has 1 aliphatic heterocycles. The summed E-state index contributed by atoms with van der Waals surface area (Å²) >= 11 is 12.6. The van der Waals surface area contributed by atoms with Crippen molar-refractivity contribution in [2.45, 2.75) is 31.8 Å². The number of likely N-dealkylation sites (tertiary alicyclic amines) is 1. The number of carboxylic acid groups (broad SMARTS) is 1. The average molecular weight is 365 g/mol. The van der Waals surface area contributed by atoms with Crippen LogP contribution in [0.3, 0.4) is 0 Å². The van der Waals surface area contributed by atoms with Gasteiger partial charge in [-0.25, -0.2) is 0 Å². The van der Waals surface area contributed by atoms with Crippen LogP contribution in [0.5, 0.6) is 0 Å². The number of hydrogen-bond acceptors (Lipinski definition) is 3. The summed E-state index contributed by atoms with van der Waals surface area (Å²) in [5.74, 6) is -0.817. The first-order valence-electron chi connectivity index (χ1n) is 7.84. The Morgan fingerprint density at radius 2 is 2.12 bits per heavy atom. The van der Waals surface area contributed by atoms with Gasteiger partial charge >= 0.3 is 5.97 Å². The summed E-state index contributed by atoms with van der Waals surface area (Å²) in [5.41, 5.74) is 2.61. The molecule has 2 aromatic rings. The Hall–Kier alpha value is -1.62. The Bertz CT molecular complexity index is 749. The summed E-state index contributed by atoms with van der Waals surface area (Å²) in [6.07, 6.45) is 3.24. The van der Waals surface area contributed by atoms with Crippen molar-refractivity contribution in [1.29, 1.82) is 0 Å². The Morgan fingerprint density at radius 3 is 2.79 bits per heavy atom. The number of halogens is 2. The first-order chi connectivity index (χ1) is 11.5. The van der Waals surface area contributed by atoms with Gasteiger partial charge in [-0.1, -0.05) is 41.4 Å². The third-order valence-electron chi connectivity index (χ3n) is 4.40. The van der Waals surface area contributed by atoms with Gasteiger partial charge in [-0.15, -0.1) is 0 Å². The zero-order valence-corrected chi connectivity index (χ0v) is 14.8. The number of hydrogen-bond donors (Lipinski definition) is 1. The van der Waals surface area contributed by atoms with Crippen LogP contribution in [0.2, 0.25) is 10.0 Å². The molecule has 0 amide bonds. The molecule has 1 saturated heterocycles. The minimum Gasteiger partial charge on any atom is -0.480 e. The standard InChI is InChI=1S/C18H18Cl2N2O2/c1-11-7-8-14(21-10-11)17(12-4-2-5-13(19)16(12)20)22-9-3-6-15(22)18(23)24/h2,4-5,7-8,10,15,17H,3,6,9H2,1H3,(H,23,24). The average Bonchev–Trinajstić information content (AvgIpc) is 3.03. The number of aryl methyl sites for hydroxylation is 1. The largest absolute Gasteiger partial charge is 0.480 e. The van der Waals surface area contributed by atoms with Gasteiger partial charge in [0.2, 0.25) is 0 Å². The molecule has 4 nitrogen and oxygen atoms in total. The second kappa shape index (κ2) is 7.09. The molecule has 0 bridgehead atoms. The maximum Gasteiger partial charge on any atom is 0.320 e. The van der Waals surface area contributed by atoms with Crippen LogP contribution in [-0.2, 0) is 4.79 Å². The van der Waals surface area contributed by atoms with Gasteiger partial charge in [-0.2, -0.15) is 0 Å². The van der Waals surface area contributed by atoms with Crippen LogP contribution in [-0.4, -0.2) is 33.5 Å². The van der Waals surface area contributed by atoms with Gasteiger partial charge in [0, 0.05) is 12.7 Å². The van der Waals surface area contributed by atoms with Crippen LogP contribution in [0.25, 0.3) is 0 Å². The first kappa shape index (κ1) is 17.2.